The molecular weight excluding hydrogens is 396 g/mol. The average Bonchev–Trinajstić information content (AvgIpc) is 3.49. The molecule has 0 bridgehead atoms. The van der Waals surface area contributed by atoms with Crippen LogP contribution >= 0.6 is 0 Å². The van der Waals surface area contributed by atoms with Crippen molar-refractivity contribution in [1.29, 1.82) is 0 Å². The molecule has 0 amide bonds. The lowest BCUT2D eigenvalue weighted by Crippen LogP contribution is -2.13. The molecule has 0 radical (unpaired) electrons. The fraction of sp³-hybridized carbons (Fsp3) is 0.417. The van der Waals surface area contributed by atoms with Crippen LogP contribution in [0.1, 0.15) is 43.6 Å². The van der Waals surface area contributed by atoms with Crippen molar-refractivity contribution in [2.45, 2.75) is 49.0 Å². The van der Waals surface area contributed by atoms with Crippen molar-refractivity contribution in [1.82, 2.24) is 8.87 Å². The number of aromatic nitrogens is 1. The maximum atomic E-state index is 13.5. The van der Waals surface area contributed by atoms with Crippen molar-refractivity contribution in [2.75, 3.05) is 20.1 Å². The molecule has 156 valence electrons. The molecule has 1 saturated heterocycles. The van der Waals surface area contributed by atoms with Gasteiger partial charge in [0.05, 0.1) is 22.2 Å². The highest BCUT2D eigenvalue weighted by Crippen LogP contribution is 2.49. The molecule has 6 heteroatoms. The van der Waals surface area contributed by atoms with Crippen LogP contribution in [0.2, 0.25) is 0 Å². The molecule has 3 aromatic rings. The lowest BCUT2D eigenvalue weighted by atomic mass is 9.92. The summed E-state index contributed by atoms with van der Waals surface area (Å²) in [7, 11) is -1.45. The monoisotopic (exact) mass is 422 g/mol. The minimum absolute atomic E-state index is 0.280. The van der Waals surface area contributed by atoms with Gasteiger partial charge in [0.15, 0.2) is 0 Å². The van der Waals surface area contributed by atoms with Crippen LogP contribution < -0.4 is 4.74 Å². The number of likely N-dealkylation sites (tertiary alicyclic amines) is 1. The van der Waals surface area contributed by atoms with E-state index in [1.165, 1.54) is 18.4 Å². The standard InChI is InChI=1S/C24H26N2O3S/c1-25-13-12-16(15-25)23-20-14-18(29-17-6-2-3-7-17)10-11-21(20)26-24(23)19-8-4-5-9-22(19)30(26,27)28/h4-5,8-11,14,16-17H,2-3,6-7,12-13,15H2,1H3/t16-/m1/s1. The lowest BCUT2D eigenvalue weighted by Gasteiger charge is -2.15. The summed E-state index contributed by atoms with van der Waals surface area (Å²) in [5.41, 5.74) is 3.62. The van der Waals surface area contributed by atoms with E-state index in [9.17, 15) is 8.42 Å². The zero-order valence-electron chi connectivity index (χ0n) is 17.2. The van der Waals surface area contributed by atoms with Gasteiger partial charge in [0.1, 0.15) is 5.75 Å². The summed E-state index contributed by atoms with van der Waals surface area (Å²) < 4.78 is 34.8. The quantitative estimate of drug-likeness (QED) is 0.484. The first-order valence-electron chi connectivity index (χ1n) is 10.9. The average molecular weight is 423 g/mol. The number of likely N-dealkylation sites (N-methyl/N-ethyl adjacent to an activating group) is 1. The van der Waals surface area contributed by atoms with Crippen LogP contribution in [-0.2, 0) is 10.0 Å². The van der Waals surface area contributed by atoms with E-state index in [4.69, 9.17) is 4.74 Å². The molecule has 2 fully saturated rings. The topological polar surface area (TPSA) is 51.5 Å². The molecule has 1 aliphatic carbocycles. The smallest absolute Gasteiger partial charge is 0.269 e. The van der Waals surface area contributed by atoms with Gasteiger partial charge in [-0.1, -0.05) is 18.2 Å². The van der Waals surface area contributed by atoms with Gasteiger partial charge in [-0.15, -0.1) is 0 Å². The number of rotatable bonds is 3. The minimum Gasteiger partial charge on any atom is -0.490 e. The second kappa shape index (κ2) is 6.59. The zero-order valence-corrected chi connectivity index (χ0v) is 18.0. The molecule has 0 unspecified atom stereocenters. The molecule has 1 aromatic heterocycles. The van der Waals surface area contributed by atoms with E-state index < -0.39 is 10.0 Å². The summed E-state index contributed by atoms with van der Waals surface area (Å²) >= 11 is 0. The van der Waals surface area contributed by atoms with Crippen LogP contribution in [0, 0.1) is 0 Å². The van der Waals surface area contributed by atoms with Crippen LogP contribution in [0.5, 0.6) is 5.75 Å². The number of nitrogens with zero attached hydrogens (tertiary/aromatic N) is 2. The number of benzene rings is 2. The Bertz CT molecular complexity index is 1250. The Hall–Kier alpha value is -2.31. The summed E-state index contributed by atoms with van der Waals surface area (Å²) in [4.78, 5) is 2.75. The molecule has 0 spiro atoms. The molecule has 5 nitrogen and oxygen atoms in total. The van der Waals surface area contributed by atoms with Crippen LogP contribution in [0.3, 0.4) is 0 Å². The van der Waals surface area contributed by atoms with Gasteiger partial charge in [-0.05, 0) is 75.5 Å². The third-order valence-electron chi connectivity index (χ3n) is 7.00. The van der Waals surface area contributed by atoms with Gasteiger partial charge in [0.25, 0.3) is 10.0 Å². The fourth-order valence-corrected chi connectivity index (χ4v) is 7.36. The van der Waals surface area contributed by atoms with Gasteiger partial charge >= 0.3 is 0 Å². The van der Waals surface area contributed by atoms with Gasteiger partial charge in [0.2, 0.25) is 0 Å². The fourth-order valence-electron chi connectivity index (χ4n) is 5.61. The van der Waals surface area contributed by atoms with Crippen LogP contribution in [0.4, 0.5) is 0 Å². The predicted octanol–water partition coefficient (Wildman–Crippen LogP) is 4.60. The molecule has 2 aromatic carbocycles. The molecule has 0 N–H and O–H groups in total. The lowest BCUT2D eigenvalue weighted by molar-refractivity contribution is 0.210. The molecule has 30 heavy (non-hydrogen) atoms. The number of ether oxygens (including phenoxy) is 1. The van der Waals surface area contributed by atoms with Gasteiger partial charge < -0.3 is 9.64 Å². The summed E-state index contributed by atoms with van der Waals surface area (Å²) in [5.74, 6) is 1.17. The maximum absolute atomic E-state index is 13.5. The minimum atomic E-state index is -3.59. The normalized spacial score (nSPS) is 23.2. The van der Waals surface area contributed by atoms with Crippen LogP contribution in [-0.4, -0.2) is 43.5 Å². The summed E-state index contributed by atoms with van der Waals surface area (Å²) in [5, 5.41) is 1.03. The van der Waals surface area contributed by atoms with Crippen molar-refractivity contribution in [3.05, 3.63) is 48.0 Å². The Morgan fingerprint density at radius 1 is 1.03 bits per heavy atom. The SMILES string of the molecule is CN1CC[C@@H](c2c3n(c4ccc(OC5CCCC5)cc24)S(=O)(=O)c2ccccc2-3)C1. The van der Waals surface area contributed by atoms with E-state index in [1.54, 1.807) is 10.0 Å². The molecule has 2 aliphatic heterocycles. The maximum Gasteiger partial charge on any atom is 0.269 e. The third-order valence-corrected chi connectivity index (χ3v) is 8.77. The Morgan fingerprint density at radius 2 is 1.83 bits per heavy atom. The van der Waals surface area contributed by atoms with E-state index in [0.29, 0.717) is 10.8 Å². The third kappa shape index (κ3) is 2.59. The summed E-state index contributed by atoms with van der Waals surface area (Å²) in [6.07, 6.45) is 5.98. The Balaban J connectivity index is 1.60. The van der Waals surface area contributed by atoms with Gasteiger partial charge in [-0.25, -0.2) is 12.4 Å². The number of hydrogen-bond acceptors (Lipinski definition) is 4. The Labute approximate surface area is 177 Å². The van der Waals surface area contributed by atoms with E-state index in [2.05, 4.69) is 18.0 Å². The zero-order chi connectivity index (χ0) is 20.5. The van der Waals surface area contributed by atoms with E-state index >= 15 is 0 Å². The second-order valence-corrected chi connectivity index (χ2v) is 10.7. The first kappa shape index (κ1) is 18.5. The highest BCUT2D eigenvalue weighted by Gasteiger charge is 2.39. The van der Waals surface area contributed by atoms with Gasteiger partial charge in [-0.3, -0.25) is 0 Å². The van der Waals surface area contributed by atoms with Gasteiger partial charge in [0, 0.05) is 23.4 Å². The first-order chi connectivity index (χ1) is 14.5. The van der Waals surface area contributed by atoms with E-state index in [-0.39, 0.29) is 6.10 Å². The largest absolute Gasteiger partial charge is 0.490 e. The molecule has 3 heterocycles. The number of fused-ring (bicyclic) bond motifs is 5. The Morgan fingerprint density at radius 3 is 2.60 bits per heavy atom. The van der Waals surface area contributed by atoms with Crippen molar-refractivity contribution in [3.8, 4) is 17.0 Å². The highest BCUT2D eigenvalue weighted by atomic mass is 32.2. The molecule has 3 aliphatic rings. The van der Waals surface area contributed by atoms with E-state index in [0.717, 1.165) is 60.3 Å². The molecule has 6 rings (SSSR count). The first-order valence-corrected chi connectivity index (χ1v) is 12.4. The van der Waals surface area contributed by atoms with Crippen LogP contribution in [0.15, 0.2) is 47.4 Å². The summed E-state index contributed by atoms with van der Waals surface area (Å²) in [6.45, 7) is 1.98. The summed E-state index contributed by atoms with van der Waals surface area (Å²) in [6, 6.07) is 13.4. The Kier molecular flexibility index (Phi) is 4.06. The van der Waals surface area contributed by atoms with Crippen molar-refractivity contribution in [2.24, 2.45) is 0 Å². The van der Waals surface area contributed by atoms with Crippen molar-refractivity contribution in [3.63, 3.8) is 0 Å². The molecule has 1 atom stereocenters. The molecule has 1 saturated carbocycles. The number of hydrogen-bond donors (Lipinski definition) is 0. The van der Waals surface area contributed by atoms with E-state index in [1.807, 2.05) is 30.3 Å². The predicted molar refractivity (Wildman–Crippen MR) is 118 cm³/mol. The van der Waals surface area contributed by atoms with Crippen molar-refractivity contribution >= 4 is 20.9 Å². The van der Waals surface area contributed by atoms with Crippen molar-refractivity contribution < 1.29 is 13.2 Å². The molecular formula is C24H26N2O3S. The van der Waals surface area contributed by atoms with Gasteiger partial charge in [-0.2, -0.15) is 0 Å². The highest BCUT2D eigenvalue weighted by molar-refractivity contribution is 7.90. The van der Waals surface area contributed by atoms with Crippen LogP contribution in [0.25, 0.3) is 22.2 Å². The second-order valence-electron chi connectivity index (χ2n) is 8.98.